The van der Waals surface area contributed by atoms with E-state index in [-0.39, 0.29) is 0 Å². The molecule has 0 radical (unpaired) electrons. The Hall–Kier alpha value is -0.520. The Kier molecular flexibility index (Phi) is 2.34. The third-order valence-corrected chi connectivity index (χ3v) is 3.83. The van der Waals surface area contributed by atoms with E-state index in [2.05, 4.69) is 21.9 Å². The first-order valence-electron chi connectivity index (χ1n) is 3.63. The van der Waals surface area contributed by atoms with Gasteiger partial charge in [0, 0.05) is 11.3 Å². The number of rotatable bonds is 0. The summed E-state index contributed by atoms with van der Waals surface area (Å²) in [6.45, 7) is 0.839. The largest absolute Gasteiger partial charge is 0.308 e. The number of hydrogen-bond donors (Lipinski definition) is 2. The Morgan fingerprint density at radius 3 is 3.33 bits per heavy atom. The van der Waals surface area contributed by atoms with E-state index in [1.165, 1.54) is 4.21 Å². The molecule has 1 aromatic heterocycles. The van der Waals surface area contributed by atoms with Gasteiger partial charge in [0.1, 0.15) is 5.84 Å². The number of hydrogen-bond acceptors (Lipinski definition) is 5. The number of nitrogens with one attached hydrogen (secondary N) is 1. The van der Waals surface area contributed by atoms with Gasteiger partial charge in [0.25, 0.3) is 0 Å². The lowest BCUT2D eigenvalue weighted by atomic mass is 10.3. The van der Waals surface area contributed by atoms with Crippen molar-refractivity contribution in [1.29, 1.82) is 0 Å². The Morgan fingerprint density at radius 2 is 2.50 bits per heavy atom. The van der Waals surface area contributed by atoms with Gasteiger partial charge in [-0.2, -0.15) is 0 Å². The normalized spacial score (nSPS) is 16.2. The number of thioether (sulfide) groups is 1. The van der Waals surface area contributed by atoms with Crippen molar-refractivity contribution in [1.82, 2.24) is 5.43 Å². The maximum atomic E-state index is 5.36. The van der Waals surface area contributed by atoms with Crippen LogP contribution in [0.15, 0.2) is 20.6 Å². The standard InChI is InChI=1S/C7H9N3S2/c8-10-6-5-1-3-11-7(5)12-4-2-9-6/h1,3H,2,4,8H2,(H,9,10). The molecule has 3 N–H and O–H groups in total. The number of aliphatic imine (C=N–C) groups is 1. The second-order valence-corrected chi connectivity index (χ2v) is 4.62. The van der Waals surface area contributed by atoms with E-state index in [1.807, 2.05) is 11.8 Å². The summed E-state index contributed by atoms with van der Waals surface area (Å²) in [7, 11) is 0. The summed E-state index contributed by atoms with van der Waals surface area (Å²) in [5.74, 6) is 7.22. The Balaban J connectivity index is 2.42. The quantitative estimate of drug-likeness (QED) is 0.485. The van der Waals surface area contributed by atoms with E-state index in [0.717, 1.165) is 23.7 Å². The van der Waals surface area contributed by atoms with Crippen molar-refractivity contribution in [2.45, 2.75) is 4.21 Å². The molecular weight excluding hydrogens is 190 g/mol. The molecule has 3 nitrogen and oxygen atoms in total. The van der Waals surface area contributed by atoms with Crippen molar-refractivity contribution in [2.75, 3.05) is 12.3 Å². The van der Waals surface area contributed by atoms with Crippen LogP contribution in [0.25, 0.3) is 0 Å². The molecule has 2 rings (SSSR count). The van der Waals surface area contributed by atoms with Crippen LogP contribution in [0, 0.1) is 0 Å². The fraction of sp³-hybridized carbons (Fsp3) is 0.286. The molecule has 0 saturated heterocycles. The van der Waals surface area contributed by atoms with Gasteiger partial charge in [-0.1, -0.05) is 0 Å². The summed E-state index contributed by atoms with van der Waals surface area (Å²) in [4.78, 5) is 4.32. The highest BCUT2D eigenvalue weighted by Gasteiger charge is 2.12. The highest BCUT2D eigenvalue weighted by atomic mass is 32.2. The molecule has 12 heavy (non-hydrogen) atoms. The zero-order valence-corrected chi connectivity index (χ0v) is 8.04. The van der Waals surface area contributed by atoms with Gasteiger partial charge in [-0.3, -0.25) is 4.99 Å². The smallest absolute Gasteiger partial charge is 0.144 e. The van der Waals surface area contributed by atoms with Gasteiger partial charge in [-0.05, 0) is 11.4 Å². The molecule has 1 aromatic rings. The Bertz CT molecular complexity index is 305. The molecule has 0 unspecified atom stereocenters. The van der Waals surface area contributed by atoms with Gasteiger partial charge in [-0.15, -0.1) is 23.1 Å². The molecule has 2 heterocycles. The third-order valence-electron chi connectivity index (χ3n) is 1.62. The molecule has 0 amide bonds. The van der Waals surface area contributed by atoms with Crippen LogP contribution in [-0.4, -0.2) is 18.1 Å². The van der Waals surface area contributed by atoms with Crippen LogP contribution in [0.1, 0.15) is 5.56 Å². The molecule has 0 bridgehead atoms. The van der Waals surface area contributed by atoms with Crippen molar-refractivity contribution in [3.8, 4) is 0 Å². The molecule has 0 atom stereocenters. The van der Waals surface area contributed by atoms with Gasteiger partial charge in [0.15, 0.2) is 0 Å². The molecular formula is C7H9N3S2. The minimum Gasteiger partial charge on any atom is -0.308 e. The lowest BCUT2D eigenvalue weighted by Crippen LogP contribution is -2.31. The van der Waals surface area contributed by atoms with Crippen molar-refractivity contribution in [3.05, 3.63) is 17.0 Å². The van der Waals surface area contributed by atoms with E-state index in [1.54, 1.807) is 11.3 Å². The van der Waals surface area contributed by atoms with Crippen LogP contribution in [-0.2, 0) is 0 Å². The van der Waals surface area contributed by atoms with Crippen LogP contribution in [0.4, 0.5) is 0 Å². The highest BCUT2D eigenvalue weighted by molar-refractivity contribution is 8.01. The lowest BCUT2D eigenvalue weighted by molar-refractivity contribution is 0.997. The molecule has 64 valence electrons. The second-order valence-electron chi connectivity index (χ2n) is 2.34. The molecule has 0 spiro atoms. The summed E-state index contributed by atoms with van der Waals surface area (Å²) < 4.78 is 1.31. The van der Waals surface area contributed by atoms with Crippen molar-refractivity contribution >= 4 is 28.9 Å². The van der Waals surface area contributed by atoms with Crippen molar-refractivity contribution in [2.24, 2.45) is 10.8 Å². The topological polar surface area (TPSA) is 50.4 Å². The molecule has 1 aliphatic heterocycles. The lowest BCUT2D eigenvalue weighted by Gasteiger charge is -2.01. The minimum atomic E-state index is 0.816. The van der Waals surface area contributed by atoms with Crippen LogP contribution < -0.4 is 11.3 Å². The Morgan fingerprint density at radius 1 is 1.58 bits per heavy atom. The summed E-state index contributed by atoms with van der Waals surface area (Å²) in [5, 5.41) is 2.07. The van der Waals surface area contributed by atoms with E-state index < -0.39 is 0 Å². The number of fused-ring (bicyclic) bond motifs is 1. The van der Waals surface area contributed by atoms with Gasteiger partial charge in [-0.25, -0.2) is 5.84 Å². The Labute approximate surface area is 79.0 Å². The molecule has 0 saturated carbocycles. The number of hydrazine groups is 1. The second kappa shape index (κ2) is 3.47. The average molecular weight is 199 g/mol. The molecule has 0 aliphatic carbocycles. The summed E-state index contributed by atoms with van der Waals surface area (Å²) in [6.07, 6.45) is 0. The van der Waals surface area contributed by atoms with Crippen LogP contribution in [0.2, 0.25) is 0 Å². The zero-order chi connectivity index (χ0) is 8.39. The molecule has 5 heteroatoms. The summed E-state index contributed by atoms with van der Waals surface area (Å²) in [5.41, 5.74) is 3.77. The van der Waals surface area contributed by atoms with Crippen molar-refractivity contribution < 1.29 is 0 Å². The molecule has 0 aromatic carbocycles. The van der Waals surface area contributed by atoms with Crippen LogP contribution in [0.5, 0.6) is 0 Å². The van der Waals surface area contributed by atoms with Gasteiger partial charge in [0.2, 0.25) is 0 Å². The van der Waals surface area contributed by atoms with Crippen LogP contribution in [0.3, 0.4) is 0 Å². The number of nitrogens with zero attached hydrogens (tertiary/aromatic N) is 1. The monoisotopic (exact) mass is 199 g/mol. The number of thiophene rings is 1. The van der Waals surface area contributed by atoms with E-state index >= 15 is 0 Å². The minimum absolute atomic E-state index is 0.816. The van der Waals surface area contributed by atoms with Gasteiger partial charge in [0.05, 0.1) is 10.8 Å². The van der Waals surface area contributed by atoms with E-state index in [0.29, 0.717) is 0 Å². The predicted molar refractivity (Wildman–Crippen MR) is 53.8 cm³/mol. The summed E-state index contributed by atoms with van der Waals surface area (Å²) >= 11 is 3.59. The fourth-order valence-electron chi connectivity index (χ4n) is 1.09. The summed E-state index contributed by atoms with van der Waals surface area (Å²) in [6, 6.07) is 2.05. The SMILES string of the molecule is NNC1=NCCSc2sccc21. The molecule has 0 fully saturated rings. The van der Waals surface area contributed by atoms with E-state index in [4.69, 9.17) is 5.84 Å². The van der Waals surface area contributed by atoms with Gasteiger partial charge < -0.3 is 5.43 Å². The zero-order valence-electron chi connectivity index (χ0n) is 6.41. The fourth-order valence-corrected chi connectivity index (χ4v) is 3.08. The number of amidine groups is 1. The van der Waals surface area contributed by atoms with Crippen LogP contribution >= 0.6 is 23.1 Å². The predicted octanol–water partition coefficient (Wildman–Crippen LogP) is 1.06. The first-order valence-corrected chi connectivity index (χ1v) is 5.50. The maximum absolute atomic E-state index is 5.36. The first kappa shape index (κ1) is 8.10. The first-order chi connectivity index (χ1) is 5.92. The van der Waals surface area contributed by atoms with Gasteiger partial charge >= 0.3 is 0 Å². The van der Waals surface area contributed by atoms with E-state index in [9.17, 15) is 0 Å². The number of nitrogens with two attached hydrogens (primary N) is 1. The highest BCUT2D eigenvalue weighted by Crippen LogP contribution is 2.30. The molecule has 1 aliphatic rings. The van der Waals surface area contributed by atoms with Crippen molar-refractivity contribution in [3.63, 3.8) is 0 Å². The third kappa shape index (κ3) is 1.35. The maximum Gasteiger partial charge on any atom is 0.144 e. The average Bonchev–Trinajstić information content (AvgIpc) is 2.46.